The normalized spacial score (nSPS) is 14.2. The second-order valence-corrected chi connectivity index (χ2v) is 11.0. The second-order valence-electron chi connectivity index (χ2n) is 8.88. The summed E-state index contributed by atoms with van der Waals surface area (Å²) in [6, 6.07) is 14.3. The summed E-state index contributed by atoms with van der Waals surface area (Å²) in [7, 11) is 0. The number of carbonyl (C=O) groups excluding carboxylic acids is 1. The SMILES string of the molecule is O=C(c1ncoc1-c1ccc(Cl)cc1)N1CCC(c2nc(-c3cc(-c4ccc(Cl)c(Cl)c4)no3)cs2)CC1. The van der Waals surface area contributed by atoms with E-state index in [1.54, 1.807) is 35.6 Å². The van der Waals surface area contributed by atoms with Crippen molar-refractivity contribution in [3.63, 3.8) is 0 Å². The van der Waals surface area contributed by atoms with Crippen molar-refractivity contribution in [3.05, 3.63) is 86.1 Å². The molecule has 2 aromatic carbocycles. The van der Waals surface area contributed by atoms with Crippen molar-refractivity contribution in [3.8, 4) is 34.0 Å². The molecule has 38 heavy (non-hydrogen) atoms. The predicted molar refractivity (Wildman–Crippen MR) is 148 cm³/mol. The first kappa shape index (κ1) is 25.1. The number of carbonyl (C=O) groups is 1. The van der Waals surface area contributed by atoms with Gasteiger partial charge in [-0.05, 0) is 49.2 Å². The van der Waals surface area contributed by atoms with E-state index < -0.39 is 0 Å². The van der Waals surface area contributed by atoms with E-state index in [0.717, 1.165) is 34.7 Å². The van der Waals surface area contributed by atoms with Crippen LogP contribution in [0.1, 0.15) is 34.3 Å². The highest BCUT2D eigenvalue weighted by Gasteiger charge is 2.30. The average Bonchev–Trinajstić information content (AvgIpc) is 3.71. The highest BCUT2D eigenvalue weighted by Crippen LogP contribution is 2.35. The molecule has 7 nitrogen and oxygen atoms in total. The topological polar surface area (TPSA) is 85.3 Å². The molecular weight excluding hydrogens is 567 g/mol. The molecule has 192 valence electrons. The third-order valence-electron chi connectivity index (χ3n) is 6.51. The summed E-state index contributed by atoms with van der Waals surface area (Å²) in [6.45, 7) is 1.21. The van der Waals surface area contributed by atoms with Crippen LogP contribution in [-0.2, 0) is 0 Å². The summed E-state index contributed by atoms with van der Waals surface area (Å²) >= 11 is 19.7. The Labute approximate surface area is 237 Å². The van der Waals surface area contributed by atoms with Crippen molar-refractivity contribution in [1.29, 1.82) is 0 Å². The van der Waals surface area contributed by atoms with Crippen LogP contribution in [-0.4, -0.2) is 39.0 Å². The smallest absolute Gasteiger partial charge is 0.276 e. The first-order valence-electron chi connectivity index (χ1n) is 11.8. The molecule has 0 bridgehead atoms. The molecule has 3 aromatic heterocycles. The quantitative estimate of drug-likeness (QED) is 0.207. The molecule has 6 rings (SSSR count). The summed E-state index contributed by atoms with van der Waals surface area (Å²) in [5, 5.41) is 8.71. The van der Waals surface area contributed by atoms with Gasteiger partial charge in [0, 0.05) is 46.6 Å². The standard InChI is InChI=1S/C27H19Cl3N4O3S/c28-18-4-1-15(2-5-18)25-24(31-14-36-25)27(35)34-9-7-16(8-10-34)26-32-22(13-38-26)23-12-21(33-37-23)17-3-6-19(29)20(30)11-17/h1-6,11-14,16H,7-10H2. The van der Waals surface area contributed by atoms with Gasteiger partial charge < -0.3 is 13.8 Å². The molecule has 0 unspecified atom stereocenters. The third-order valence-corrected chi connectivity index (χ3v) is 8.51. The number of hydrogen-bond donors (Lipinski definition) is 0. The largest absolute Gasteiger partial charge is 0.443 e. The molecule has 1 amide bonds. The van der Waals surface area contributed by atoms with Gasteiger partial charge in [-0.25, -0.2) is 9.97 Å². The van der Waals surface area contributed by atoms with E-state index in [0.29, 0.717) is 51.1 Å². The fourth-order valence-electron chi connectivity index (χ4n) is 4.46. The summed E-state index contributed by atoms with van der Waals surface area (Å²) in [6.07, 6.45) is 2.91. The molecule has 1 saturated heterocycles. The first-order chi connectivity index (χ1) is 18.5. The monoisotopic (exact) mass is 584 g/mol. The minimum Gasteiger partial charge on any atom is -0.443 e. The lowest BCUT2D eigenvalue weighted by Crippen LogP contribution is -2.38. The average molecular weight is 586 g/mol. The van der Waals surface area contributed by atoms with Crippen LogP contribution in [0.15, 0.2) is 69.2 Å². The summed E-state index contributed by atoms with van der Waals surface area (Å²) < 4.78 is 11.1. The Morgan fingerprint density at radius 2 is 1.71 bits per heavy atom. The molecule has 1 fully saturated rings. The van der Waals surface area contributed by atoms with Crippen LogP contribution in [0, 0.1) is 0 Å². The number of benzene rings is 2. The van der Waals surface area contributed by atoms with E-state index >= 15 is 0 Å². The molecule has 0 spiro atoms. The fourth-order valence-corrected chi connectivity index (χ4v) is 5.86. The zero-order chi connectivity index (χ0) is 26.2. The van der Waals surface area contributed by atoms with E-state index in [4.69, 9.17) is 48.7 Å². The van der Waals surface area contributed by atoms with E-state index in [9.17, 15) is 4.79 Å². The fraction of sp³-hybridized carbons (Fsp3) is 0.185. The Kier molecular flexibility index (Phi) is 6.97. The van der Waals surface area contributed by atoms with Gasteiger partial charge in [-0.15, -0.1) is 11.3 Å². The van der Waals surface area contributed by atoms with E-state index in [1.165, 1.54) is 6.39 Å². The van der Waals surface area contributed by atoms with Gasteiger partial charge in [0.2, 0.25) is 0 Å². The summed E-state index contributed by atoms with van der Waals surface area (Å²) in [5.74, 6) is 1.15. The van der Waals surface area contributed by atoms with Gasteiger partial charge in [-0.2, -0.15) is 0 Å². The van der Waals surface area contributed by atoms with Crippen LogP contribution < -0.4 is 0 Å². The highest BCUT2D eigenvalue weighted by molar-refractivity contribution is 7.10. The molecule has 4 heterocycles. The van der Waals surface area contributed by atoms with E-state index in [1.807, 2.05) is 34.5 Å². The maximum absolute atomic E-state index is 13.2. The molecular formula is C27H19Cl3N4O3S. The summed E-state index contributed by atoms with van der Waals surface area (Å²) in [4.78, 5) is 24.1. The molecule has 0 N–H and O–H groups in total. The van der Waals surface area contributed by atoms with Crippen molar-refractivity contribution in [1.82, 2.24) is 20.0 Å². The lowest BCUT2D eigenvalue weighted by molar-refractivity contribution is 0.0708. The minimum atomic E-state index is -0.140. The van der Waals surface area contributed by atoms with Crippen molar-refractivity contribution < 1.29 is 13.7 Å². The van der Waals surface area contributed by atoms with Gasteiger partial charge in [-0.1, -0.05) is 46.0 Å². The lowest BCUT2D eigenvalue weighted by atomic mass is 9.97. The lowest BCUT2D eigenvalue weighted by Gasteiger charge is -2.30. The van der Waals surface area contributed by atoms with Gasteiger partial charge in [0.05, 0.1) is 15.1 Å². The number of thiazole rings is 1. The van der Waals surface area contributed by atoms with Crippen LogP contribution in [0.4, 0.5) is 0 Å². The van der Waals surface area contributed by atoms with Crippen LogP contribution in [0.5, 0.6) is 0 Å². The number of aromatic nitrogens is 3. The number of halogens is 3. The number of piperidine rings is 1. The van der Waals surface area contributed by atoms with Gasteiger partial charge >= 0.3 is 0 Å². The third kappa shape index (κ3) is 4.97. The molecule has 0 aliphatic carbocycles. The van der Waals surface area contributed by atoms with Crippen LogP contribution >= 0.6 is 46.1 Å². The molecule has 0 radical (unpaired) electrons. The molecule has 1 aliphatic rings. The number of rotatable bonds is 5. The van der Waals surface area contributed by atoms with Gasteiger partial charge in [0.15, 0.2) is 23.6 Å². The Morgan fingerprint density at radius 3 is 2.47 bits per heavy atom. The molecule has 0 saturated carbocycles. The van der Waals surface area contributed by atoms with Gasteiger partial charge in [0.1, 0.15) is 11.4 Å². The van der Waals surface area contributed by atoms with Gasteiger partial charge in [-0.3, -0.25) is 4.79 Å². The van der Waals surface area contributed by atoms with E-state index in [-0.39, 0.29) is 11.8 Å². The number of hydrogen-bond acceptors (Lipinski definition) is 7. The van der Waals surface area contributed by atoms with E-state index in [2.05, 4.69) is 10.1 Å². The predicted octanol–water partition coefficient (Wildman–Crippen LogP) is 8.10. The zero-order valence-electron chi connectivity index (χ0n) is 19.7. The number of amides is 1. The van der Waals surface area contributed by atoms with Crippen LogP contribution in [0.25, 0.3) is 34.0 Å². The number of nitrogens with zero attached hydrogens (tertiary/aromatic N) is 4. The molecule has 1 aliphatic heterocycles. The van der Waals surface area contributed by atoms with Crippen molar-refractivity contribution >= 4 is 52.0 Å². The minimum absolute atomic E-state index is 0.140. The Bertz CT molecular complexity index is 1600. The number of likely N-dealkylation sites (tertiary alicyclic amines) is 1. The van der Waals surface area contributed by atoms with Gasteiger partial charge in [0.25, 0.3) is 5.91 Å². The van der Waals surface area contributed by atoms with Crippen LogP contribution in [0.3, 0.4) is 0 Å². The molecule has 11 heteroatoms. The second kappa shape index (κ2) is 10.5. The Morgan fingerprint density at radius 1 is 0.947 bits per heavy atom. The van der Waals surface area contributed by atoms with Crippen molar-refractivity contribution in [2.45, 2.75) is 18.8 Å². The summed E-state index contributed by atoms with van der Waals surface area (Å²) in [5.41, 5.74) is 3.28. The Hall–Kier alpha value is -3.17. The van der Waals surface area contributed by atoms with Crippen molar-refractivity contribution in [2.24, 2.45) is 0 Å². The van der Waals surface area contributed by atoms with Crippen LogP contribution in [0.2, 0.25) is 15.1 Å². The molecule has 5 aromatic rings. The Balaban J connectivity index is 1.12. The maximum atomic E-state index is 13.2. The number of oxazole rings is 1. The first-order valence-corrected chi connectivity index (χ1v) is 13.8. The zero-order valence-corrected chi connectivity index (χ0v) is 22.8. The highest BCUT2D eigenvalue weighted by atomic mass is 35.5. The maximum Gasteiger partial charge on any atom is 0.276 e. The van der Waals surface area contributed by atoms with Crippen molar-refractivity contribution in [2.75, 3.05) is 13.1 Å². The molecule has 0 atom stereocenters.